The molecule has 0 fully saturated rings. The third-order valence-electron chi connectivity index (χ3n) is 6.11. The minimum atomic E-state index is 0.687. The van der Waals surface area contributed by atoms with Crippen molar-refractivity contribution >= 4 is 27.6 Å². The highest BCUT2D eigenvalue weighted by molar-refractivity contribution is 6.13. The molecule has 0 amide bonds. The number of nitrogens with one attached hydrogen (secondary N) is 1. The standard InChI is InChI=1S/C25H22N6O2/c1-12-21(14(3)33-30-12)17-10-18-16(11-19(17)32-5)22-23(27-15(4)28-25(22)29-18)24-13(2)26-20-8-6-7-9-31(20)24/h6-11H,1-5H3,(H,27,28,29). The molecule has 1 N–H and O–H groups in total. The summed E-state index contributed by atoms with van der Waals surface area (Å²) in [7, 11) is 1.67. The van der Waals surface area contributed by atoms with E-state index < -0.39 is 0 Å². The Morgan fingerprint density at radius 1 is 1.00 bits per heavy atom. The van der Waals surface area contributed by atoms with E-state index in [4.69, 9.17) is 24.2 Å². The molecule has 6 aromatic rings. The fraction of sp³-hybridized carbons (Fsp3) is 0.200. The number of aromatic nitrogens is 6. The van der Waals surface area contributed by atoms with Crippen molar-refractivity contribution in [2.24, 2.45) is 0 Å². The molecule has 5 heterocycles. The second-order valence-corrected chi connectivity index (χ2v) is 8.24. The van der Waals surface area contributed by atoms with Gasteiger partial charge in [-0.1, -0.05) is 11.2 Å². The lowest BCUT2D eigenvalue weighted by molar-refractivity contribution is 0.393. The Morgan fingerprint density at radius 3 is 2.61 bits per heavy atom. The van der Waals surface area contributed by atoms with Crippen molar-refractivity contribution in [1.29, 1.82) is 0 Å². The minimum Gasteiger partial charge on any atom is -0.496 e. The average Bonchev–Trinajstić information content (AvgIpc) is 3.43. The number of imidazole rings is 1. The van der Waals surface area contributed by atoms with E-state index >= 15 is 0 Å². The third-order valence-corrected chi connectivity index (χ3v) is 6.11. The molecule has 0 aliphatic carbocycles. The molecule has 8 nitrogen and oxygen atoms in total. The molecule has 1 aromatic carbocycles. The number of aryl methyl sites for hydroxylation is 4. The van der Waals surface area contributed by atoms with Gasteiger partial charge < -0.3 is 14.2 Å². The van der Waals surface area contributed by atoms with Crippen LogP contribution in [0.5, 0.6) is 5.75 Å². The van der Waals surface area contributed by atoms with Gasteiger partial charge in [0.15, 0.2) is 0 Å². The van der Waals surface area contributed by atoms with Gasteiger partial charge in [-0.15, -0.1) is 0 Å². The minimum absolute atomic E-state index is 0.687. The molecular weight excluding hydrogens is 416 g/mol. The molecule has 0 aliphatic rings. The second kappa shape index (κ2) is 6.90. The number of hydrogen-bond donors (Lipinski definition) is 1. The molecule has 0 bridgehead atoms. The van der Waals surface area contributed by atoms with Gasteiger partial charge in [-0.25, -0.2) is 15.0 Å². The first kappa shape index (κ1) is 19.5. The number of ether oxygens (including phenoxy) is 1. The maximum Gasteiger partial charge on any atom is 0.142 e. The van der Waals surface area contributed by atoms with Crippen molar-refractivity contribution in [3.63, 3.8) is 0 Å². The third kappa shape index (κ3) is 2.77. The summed E-state index contributed by atoms with van der Waals surface area (Å²) in [5.74, 6) is 2.17. The first-order chi connectivity index (χ1) is 16.0. The van der Waals surface area contributed by atoms with Crippen LogP contribution in [0.15, 0.2) is 41.1 Å². The summed E-state index contributed by atoms with van der Waals surface area (Å²) in [6.45, 7) is 7.76. The Labute approximate surface area is 189 Å². The lowest BCUT2D eigenvalue weighted by Gasteiger charge is -2.10. The molecule has 0 saturated heterocycles. The number of rotatable bonds is 3. The Balaban J connectivity index is 1.72. The zero-order valence-electron chi connectivity index (χ0n) is 19.0. The summed E-state index contributed by atoms with van der Waals surface area (Å²) in [5, 5.41) is 6.04. The van der Waals surface area contributed by atoms with Crippen LogP contribution < -0.4 is 4.74 Å². The molecule has 0 unspecified atom stereocenters. The van der Waals surface area contributed by atoms with Gasteiger partial charge in [0, 0.05) is 22.7 Å². The van der Waals surface area contributed by atoms with Crippen LogP contribution in [-0.2, 0) is 0 Å². The van der Waals surface area contributed by atoms with E-state index in [1.165, 1.54) is 0 Å². The number of methoxy groups -OCH3 is 1. The van der Waals surface area contributed by atoms with Gasteiger partial charge in [0.2, 0.25) is 0 Å². The first-order valence-corrected chi connectivity index (χ1v) is 10.7. The van der Waals surface area contributed by atoms with Crippen LogP contribution in [0.4, 0.5) is 0 Å². The quantitative estimate of drug-likeness (QED) is 0.402. The molecular formula is C25H22N6O2. The Kier molecular flexibility index (Phi) is 4.07. The molecule has 5 aromatic heterocycles. The summed E-state index contributed by atoms with van der Waals surface area (Å²) in [6, 6.07) is 10.1. The number of H-pyrrole nitrogens is 1. The van der Waals surface area contributed by atoms with Gasteiger partial charge in [-0.05, 0) is 52.0 Å². The first-order valence-electron chi connectivity index (χ1n) is 10.7. The van der Waals surface area contributed by atoms with Crippen molar-refractivity contribution in [3.05, 3.63) is 59.5 Å². The van der Waals surface area contributed by atoms with Gasteiger partial charge >= 0.3 is 0 Å². The summed E-state index contributed by atoms with van der Waals surface area (Å²) >= 11 is 0. The smallest absolute Gasteiger partial charge is 0.142 e. The predicted molar refractivity (Wildman–Crippen MR) is 127 cm³/mol. The summed E-state index contributed by atoms with van der Waals surface area (Å²) in [6.07, 6.45) is 2.01. The van der Waals surface area contributed by atoms with E-state index in [1.807, 2.05) is 58.2 Å². The zero-order chi connectivity index (χ0) is 22.9. The van der Waals surface area contributed by atoms with Crippen LogP contribution >= 0.6 is 0 Å². The van der Waals surface area contributed by atoms with Crippen molar-refractivity contribution in [1.82, 2.24) is 29.5 Å². The number of aromatic amines is 1. The van der Waals surface area contributed by atoms with Gasteiger partial charge in [0.05, 0.1) is 35.1 Å². The fourth-order valence-corrected chi connectivity index (χ4v) is 4.74. The summed E-state index contributed by atoms with van der Waals surface area (Å²) < 4.78 is 13.3. The normalized spacial score (nSPS) is 11.8. The van der Waals surface area contributed by atoms with Crippen molar-refractivity contribution in [2.75, 3.05) is 7.11 Å². The molecule has 0 aliphatic heterocycles. The maximum absolute atomic E-state index is 5.81. The maximum atomic E-state index is 5.81. The van der Waals surface area contributed by atoms with Crippen LogP contribution in [0, 0.1) is 27.7 Å². The SMILES string of the molecule is COc1cc2c(cc1-c1c(C)noc1C)[nH]c1nc(C)nc(-c3c(C)nc4ccccn34)c12. The molecule has 0 radical (unpaired) electrons. The fourth-order valence-electron chi connectivity index (χ4n) is 4.74. The van der Waals surface area contributed by atoms with Crippen molar-refractivity contribution < 1.29 is 9.26 Å². The summed E-state index contributed by atoms with van der Waals surface area (Å²) in [4.78, 5) is 17.8. The summed E-state index contributed by atoms with van der Waals surface area (Å²) in [5.41, 5.74) is 7.98. The highest BCUT2D eigenvalue weighted by atomic mass is 16.5. The molecule has 164 valence electrons. The second-order valence-electron chi connectivity index (χ2n) is 8.24. The highest BCUT2D eigenvalue weighted by Crippen LogP contribution is 2.41. The number of fused-ring (bicyclic) bond motifs is 4. The van der Waals surface area contributed by atoms with Crippen LogP contribution in [0.3, 0.4) is 0 Å². The number of benzene rings is 1. The lowest BCUT2D eigenvalue weighted by Crippen LogP contribution is -1.97. The lowest BCUT2D eigenvalue weighted by atomic mass is 10.00. The Morgan fingerprint density at radius 2 is 1.85 bits per heavy atom. The van der Waals surface area contributed by atoms with Crippen molar-refractivity contribution in [3.8, 4) is 28.3 Å². The Bertz CT molecular complexity index is 1690. The van der Waals surface area contributed by atoms with Crippen LogP contribution in [0.2, 0.25) is 0 Å². The van der Waals surface area contributed by atoms with Crippen LogP contribution in [0.1, 0.15) is 23.0 Å². The van der Waals surface area contributed by atoms with E-state index in [-0.39, 0.29) is 0 Å². The largest absolute Gasteiger partial charge is 0.496 e. The van der Waals surface area contributed by atoms with E-state index in [1.54, 1.807) is 7.11 Å². The van der Waals surface area contributed by atoms with Crippen LogP contribution in [-0.4, -0.2) is 36.6 Å². The van der Waals surface area contributed by atoms with Crippen molar-refractivity contribution in [2.45, 2.75) is 27.7 Å². The topological polar surface area (TPSA) is 94.1 Å². The van der Waals surface area contributed by atoms with Gasteiger partial charge in [0.1, 0.15) is 34.3 Å². The van der Waals surface area contributed by atoms with Gasteiger partial charge in [-0.3, -0.25) is 4.40 Å². The number of hydrogen-bond acceptors (Lipinski definition) is 6. The Hall–Kier alpha value is -4.20. The molecule has 8 heteroatoms. The number of pyridine rings is 1. The molecule has 33 heavy (non-hydrogen) atoms. The monoisotopic (exact) mass is 438 g/mol. The molecule has 0 spiro atoms. The molecule has 0 saturated carbocycles. The van der Waals surface area contributed by atoms with E-state index in [0.717, 1.165) is 73.0 Å². The van der Waals surface area contributed by atoms with E-state index in [0.29, 0.717) is 5.82 Å². The average molecular weight is 438 g/mol. The van der Waals surface area contributed by atoms with Crippen LogP contribution in [0.25, 0.3) is 50.1 Å². The van der Waals surface area contributed by atoms with E-state index in [2.05, 4.69) is 20.6 Å². The highest BCUT2D eigenvalue weighted by Gasteiger charge is 2.23. The number of nitrogens with zero attached hydrogens (tertiary/aromatic N) is 5. The van der Waals surface area contributed by atoms with Gasteiger partial charge in [-0.2, -0.15) is 0 Å². The molecule has 6 rings (SSSR count). The predicted octanol–water partition coefficient (Wildman–Crippen LogP) is 5.32. The van der Waals surface area contributed by atoms with E-state index in [9.17, 15) is 0 Å². The van der Waals surface area contributed by atoms with Gasteiger partial charge in [0.25, 0.3) is 0 Å². The molecule has 0 atom stereocenters. The zero-order valence-corrected chi connectivity index (χ0v) is 19.0.